The molecule has 26 heteroatoms. The maximum Gasteiger partial charge on any atom is 0.303 e. The van der Waals surface area contributed by atoms with Gasteiger partial charge in [0.15, 0.2) is 43.3 Å². The Morgan fingerprint density at radius 1 is 0.379 bits per heavy atom. The second kappa shape index (κ2) is 28.0. The Hall–Kier alpha value is -8.34. The average Bonchev–Trinajstić information content (AvgIpc) is 1.75. The number of nitrogens with zero attached hydrogens (tertiary/aromatic N) is 2. The molecule has 4 amide bonds. The van der Waals surface area contributed by atoms with E-state index in [9.17, 15) is 47.9 Å². The molecular weight excluding hydrogens is 1140 g/mol. The maximum absolute atomic E-state index is 14.8. The zero-order valence-corrected chi connectivity index (χ0v) is 48.3. The van der Waals surface area contributed by atoms with Gasteiger partial charge in [-0.3, -0.25) is 57.7 Å². The molecule has 5 heterocycles. The van der Waals surface area contributed by atoms with Crippen LogP contribution in [-0.2, 0) is 108 Å². The monoisotopic (exact) mass is 1210 g/mol. The largest absolute Gasteiger partial charge is 0.463 e. The van der Waals surface area contributed by atoms with E-state index >= 15 is 0 Å². The predicted molar refractivity (Wildman–Crippen MR) is 291 cm³/mol. The zero-order valence-electron chi connectivity index (χ0n) is 48.3. The Bertz CT molecular complexity index is 3150. The number of carbonyl (C=O) groups excluding carboxylic acids is 10. The molecule has 26 nitrogen and oxygen atoms in total. The number of amides is 4. The van der Waals surface area contributed by atoms with E-state index in [-0.39, 0.29) is 35.5 Å². The van der Waals surface area contributed by atoms with Gasteiger partial charge in [0.05, 0.1) is 42.1 Å². The van der Waals surface area contributed by atoms with E-state index in [0.717, 1.165) is 51.3 Å². The molecule has 462 valence electrons. The minimum Gasteiger partial charge on any atom is -0.463 e. The predicted octanol–water partition coefficient (Wildman–Crippen LogP) is 3.56. The molecule has 0 radical (unpaired) electrons. The van der Waals surface area contributed by atoms with E-state index in [1.807, 2.05) is 6.07 Å². The van der Waals surface area contributed by atoms with Gasteiger partial charge < -0.3 is 66.3 Å². The van der Waals surface area contributed by atoms with Gasteiger partial charge in [0, 0.05) is 48.7 Å². The SMILES string of the molecule is CO[C@H]1OC(CO[C@@H]2OC(COC(C)=O)[C@@H](OC(C)=O)[C@H](OC(C)=O)C2N2C(=O)c3ccccc3C2=O)[C@@H](O[C@@H]2OC(COC(C)=O)[C@@H](OC(C)=O)[C@H](OC(C)=O)C2N2C(=O)c3ccccc3C2=O)[C@H](OCc2ccccc2)C1OCc1ccccc1. The highest BCUT2D eigenvalue weighted by Gasteiger charge is 2.61. The van der Waals surface area contributed by atoms with Crippen molar-refractivity contribution in [2.75, 3.05) is 26.9 Å². The number of hydrogen-bond donors (Lipinski definition) is 0. The van der Waals surface area contributed by atoms with E-state index in [1.54, 1.807) is 54.6 Å². The number of fused-ring (bicyclic) bond motifs is 2. The molecule has 4 aromatic rings. The number of rotatable bonds is 22. The molecule has 0 aliphatic carbocycles. The molecule has 0 saturated carbocycles. The summed E-state index contributed by atoms with van der Waals surface area (Å²) < 4.78 is 87.5. The summed E-state index contributed by atoms with van der Waals surface area (Å²) in [5, 5.41) is 0. The summed E-state index contributed by atoms with van der Waals surface area (Å²) in [5.74, 6) is -8.98. The van der Waals surface area contributed by atoms with Crippen molar-refractivity contribution in [3.63, 3.8) is 0 Å². The zero-order chi connectivity index (χ0) is 62.2. The van der Waals surface area contributed by atoms with Crippen molar-refractivity contribution in [2.45, 2.75) is 147 Å². The van der Waals surface area contributed by atoms with E-state index in [4.69, 9.17) is 66.3 Å². The van der Waals surface area contributed by atoms with Crippen molar-refractivity contribution in [3.05, 3.63) is 143 Å². The molecule has 87 heavy (non-hydrogen) atoms. The third-order valence-electron chi connectivity index (χ3n) is 14.7. The van der Waals surface area contributed by atoms with E-state index in [2.05, 4.69) is 0 Å². The molecule has 0 N–H and O–H groups in total. The molecule has 4 aromatic carbocycles. The van der Waals surface area contributed by atoms with Crippen LogP contribution in [0.5, 0.6) is 0 Å². The number of methoxy groups -OCH3 is 1. The van der Waals surface area contributed by atoms with Gasteiger partial charge >= 0.3 is 35.8 Å². The lowest BCUT2D eigenvalue weighted by Crippen LogP contribution is -2.70. The molecule has 15 atom stereocenters. The first kappa shape index (κ1) is 63.2. The fourth-order valence-electron chi connectivity index (χ4n) is 11.1. The Morgan fingerprint density at radius 2 is 0.724 bits per heavy atom. The van der Waals surface area contributed by atoms with Crippen LogP contribution in [0.1, 0.15) is 94.1 Å². The van der Waals surface area contributed by atoms with Crippen LogP contribution in [0, 0.1) is 0 Å². The highest BCUT2D eigenvalue weighted by atomic mass is 16.8. The summed E-state index contributed by atoms with van der Waals surface area (Å²) in [7, 11) is 1.32. The highest BCUT2D eigenvalue weighted by Crippen LogP contribution is 2.41. The van der Waals surface area contributed by atoms with Gasteiger partial charge in [0.2, 0.25) is 0 Å². The number of hydrogen-bond acceptors (Lipinski definition) is 24. The lowest BCUT2D eigenvalue weighted by atomic mass is 9.93. The van der Waals surface area contributed by atoms with Gasteiger partial charge in [-0.25, -0.2) is 0 Å². The lowest BCUT2D eigenvalue weighted by molar-refractivity contribution is -0.365. The number of benzene rings is 4. The molecule has 0 bridgehead atoms. The highest BCUT2D eigenvalue weighted by molar-refractivity contribution is 6.22. The fraction of sp³-hybridized carbons (Fsp3) is 0.443. The van der Waals surface area contributed by atoms with E-state index < -0.39 is 171 Å². The molecule has 0 aromatic heterocycles. The summed E-state index contributed by atoms with van der Waals surface area (Å²) >= 11 is 0. The Balaban J connectivity index is 1.20. The van der Waals surface area contributed by atoms with Gasteiger partial charge in [-0.15, -0.1) is 0 Å². The van der Waals surface area contributed by atoms with Crippen molar-refractivity contribution < 1.29 is 114 Å². The summed E-state index contributed by atoms with van der Waals surface area (Å²) in [5.41, 5.74) is 1.13. The first-order valence-electron chi connectivity index (χ1n) is 27.7. The van der Waals surface area contributed by atoms with Crippen LogP contribution < -0.4 is 0 Å². The van der Waals surface area contributed by atoms with Crippen LogP contribution in [0.15, 0.2) is 109 Å². The van der Waals surface area contributed by atoms with Crippen molar-refractivity contribution >= 4 is 59.4 Å². The van der Waals surface area contributed by atoms with Crippen molar-refractivity contribution in [1.82, 2.24) is 9.80 Å². The standard InChI is InChI=1S/C61H64N2O24/c1-31(64)75-28-43-48(80-33(3)66)51(82-35(5)68)46(62-55(70)39-22-14-15-23-40(39)56(62)71)59(84-43)79-30-45-50(53(77-26-37-18-10-8-11-19-37)54(61(74-7)86-45)78-27-38-20-12-9-13-21-38)87-60-47(63-57(72)41-24-16-17-25-42(41)58(63)73)52(83-36(6)69)49(81-34(4)67)44(85-60)29-76-32(2)65/h8-25,43-54,59-61H,26-30H2,1-7H3/t43?,44?,45?,46?,47?,48-,49-,50-,51-,52-,53+,54?,59-,60+,61+/m1/s1. The second-order valence-electron chi connectivity index (χ2n) is 20.8. The topological polar surface area (TPSA) is 306 Å². The first-order chi connectivity index (χ1) is 41.7. The fourth-order valence-corrected chi connectivity index (χ4v) is 11.1. The van der Waals surface area contributed by atoms with Crippen LogP contribution in [0.3, 0.4) is 0 Å². The van der Waals surface area contributed by atoms with Crippen molar-refractivity contribution in [3.8, 4) is 0 Å². The van der Waals surface area contributed by atoms with E-state index in [0.29, 0.717) is 11.1 Å². The summed E-state index contributed by atoms with van der Waals surface area (Å²) in [6.07, 6.45) is -21.4. The summed E-state index contributed by atoms with van der Waals surface area (Å²) in [6.45, 7) is 4.01. The molecule has 0 spiro atoms. The molecule has 3 fully saturated rings. The Kier molecular flexibility index (Phi) is 20.3. The Morgan fingerprint density at radius 3 is 1.11 bits per heavy atom. The lowest BCUT2D eigenvalue weighted by Gasteiger charge is -2.51. The number of imide groups is 2. The number of ether oxygens (including phenoxy) is 14. The third-order valence-corrected chi connectivity index (χ3v) is 14.7. The minimum atomic E-state index is -2.00. The first-order valence-corrected chi connectivity index (χ1v) is 27.7. The number of esters is 6. The van der Waals surface area contributed by atoms with Crippen LogP contribution in [0.4, 0.5) is 0 Å². The van der Waals surface area contributed by atoms with Crippen LogP contribution in [-0.4, -0.2) is 188 Å². The second-order valence-corrected chi connectivity index (χ2v) is 20.8. The smallest absolute Gasteiger partial charge is 0.303 e. The molecular formula is C61H64N2O24. The average molecular weight is 1210 g/mol. The van der Waals surface area contributed by atoms with E-state index in [1.165, 1.54) is 55.6 Å². The summed E-state index contributed by atoms with van der Waals surface area (Å²) in [6, 6.07) is 25.9. The maximum atomic E-state index is 14.8. The molecule has 5 aliphatic heterocycles. The third kappa shape index (κ3) is 14.2. The Labute approximate surface area is 498 Å². The van der Waals surface area contributed by atoms with Gasteiger partial charge in [-0.2, -0.15) is 0 Å². The van der Waals surface area contributed by atoms with Crippen molar-refractivity contribution in [2.24, 2.45) is 0 Å². The molecule has 9 rings (SSSR count). The van der Waals surface area contributed by atoms with Gasteiger partial charge in [0.25, 0.3) is 23.6 Å². The van der Waals surface area contributed by atoms with Gasteiger partial charge in [-0.05, 0) is 35.4 Å². The molecule has 5 aliphatic rings. The normalized spacial score (nSPS) is 28.5. The van der Waals surface area contributed by atoms with Crippen LogP contribution >= 0.6 is 0 Å². The minimum absolute atomic E-state index is 0.0454. The van der Waals surface area contributed by atoms with Crippen LogP contribution in [0.25, 0.3) is 0 Å². The number of carbonyl (C=O) groups is 10. The summed E-state index contributed by atoms with van der Waals surface area (Å²) in [4.78, 5) is 138. The van der Waals surface area contributed by atoms with Gasteiger partial charge in [-0.1, -0.05) is 84.9 Å². The molecule has 3 saturated heterocycles. The van der Waals surface area contributed by atoms with Crippen molar-refractivity contribution in [1.29, 1.82) is 0 Å². The molecule has 6 unspecified atom stereocenters. The van der Waals surface area contributed by atoms with Crippen LogP contribution in [0.2, 0.25) is 0 Å². The van der Waals surface area contributed by atoms with Gasteiger partial charge in [0.1, 0.15) is 61.9 Å². The quantitative estimate of drug-likeness (QED) is 0.0617.